The fraction of sp³-hybridized carbons (Fsp3) is 0.0769. The first-order valence-electron chi connectivity index (χ1n) is 10.8. The Kier molecular flexibility index (Phi) is 5.85. The molecule has 0 radical (unpaired) electrons. The van der Waals surface area contributed by atoms with E-state index in [0.717, 1.165) is 11.1 Å². The first-order chi connectivity index (χ1) is 16.7. The molecule has 0 saturated carbocycles. The summed E-state index contributed by atoms with van der Waals surface area (Å²) in [5.41, 5.74) is 9.10. The van der Waals surface area contributed by atoms with Gasteiger partial charge in [-0.05, 0) is 23.3 Å². The summed E-state index contributed by atoms with van der Waals surface area (Å²) in [5.74, 6) is 0.00902. The Balaban J connectivity index is 1.31. The van der Waals surface area contributed by atoms with Gasteiger partial charge in [0.15, 0.2) is 11.9 Å². The van der Waals surface area contributed by atoms with Crippen LogP contribution in [0.4, 0.5) is 17.2 Å². The monoisotopic (exact) mass is 450 g/mol. The quantitative estimate of drug-likeness (QED) is 0.383. The van der Waals surface area contributed by atoms with Crippen LogP contribution in [0.2, 0.25) is 0 Å². The van der Waals surface area contributed by atoms with E-state index in [0.29, 0.717) is 23.2 Å². The molecule has 1 aliphatic rings. The highest BCUT2D eigenvalue weighted by Gasteiger charge is 2.33. The molecule has 5 rings (SSSR count). The molecule has 1 aliphatic heterocycles. The van der Waals surface area contributed by atoms with Gasteiger partial charge in [0, 0.05) is 0 Å². The fourth-order valence-electron chi connectivity index (χ4n) is 3.68. The molecule has 2 heterocycles. The van der Waals surface area contributed by atoms with E-state index in [1.165, 1.54) is 12.4 Å². The van der Waals surface area contributed by atoms with Crippen LogP contribution in [0.15, 0.2) is 102 Å². The van der Waals surface area contributed by atoms with Crippen molar-refractivity contribution < 1.29 is 9.53 Å². The predicted octanol–water partition coefficient (Wildman–Crippen LogP) is 4.59. The molecule has 0 saturated heterocycles. The van der Waals surface area contributed by atoms with Gasteiger partial charge in [0.2, 0.25) is 0 Å². The lowest BCUT2D eigenvalue weighted by molar-refractivity contribution is 0.102. The maximum atomic E-state index is 12.5. The second kappa shape index (κ2) is 9.41. The molecule has 0 unspecified atom stereocenters. The van der Waals surface area contributed by atoms with Crippen molar-refractivity contribution >= 4 is 29.1 Å². The molecule has 0 spiro atoms. The lowest BCUT2D eigenvalue weighted by atomic mass is 9.97. The maximum Gasteiger partial charge on any atom is 0.291 e. The zero-order valence-electron chi connectivity index (χ0n) is 18.1. The Morgan fingerprint density at radius 3 is 2.18 bits per heavy atom. The number of anilines is 3. The second-order valence-electron chi connectivity index (χ2n) is 7.69. The third-order valence-corrected chi connectivity index (χ3v) is 5.38. The van der Waals surface area contributed by atoms with E-state index in [4.69, 9.17) is 15.5 Å². The molecule has 0 fully saturated rings. The topological polar surface area (TPSA) is 115 Å². The minimum Gasteiger partial charge on any atom is -0.454 e. The Hall–Kier alpha value is -4.72. The second-order valence-corrected chi connectivity index (χ2v) is 7.69. The molecule has 1 amide bonds. The van der Waals surface area contributed by atoms with Gasteiger partial charge >= 0.3 is 0 Å². The highest BCUT2D eigenvalue weighted by molar-refractivity contribution is 6.04. The largest absolute Gasteiger partial charge is 0.454 e. The lowest BCUT2D eigenvalue weighted by Gasteiger charge is -2.18. The van der Waals surface area contributed by atoms with E-state index in [-0.39, 0.29) is 17.8 Å². The van der Waals surface area contributed by atoms with Crippen LogP contribution in [0.5, 0.6) is 0 Å². The summed E-state index contributed by atoms with van der Waals surface area (Å²) < 4.78 is 6.17. The molecule has 8 nitrogen and oxygen atoms in total. The number of para-hydroxylation sites is 2. The minimum atomic E-state index is -0.403. The summed E-state index contributed by atoms with van der Waals surface area (Å²) in [4.78, 5) is 25.7. The summed E-state index contributed by atoms with van der Waals surface area (Å²) in [7, 11) is 0. The molecular formula is C26H22N6O2. The van der Waals surface area contributed by atoms with Gasteiger partial charge in [-0.15, -0.1) is 0 Å². The average Bonchev–Trinajstić information content (AvgIpc) is 3.31. The molecule has 8 heteroatoms. The number of nitrogens with two attached hydrogens (primary N) is 1. The number of aliphatic imine (C=N–C) groups is 1. The van der Waals surface area contributed by atoms with Gasteiger partial charge in [0.05, 0.1) is 23.8 Å². The lowest BCUT2D eigenvalue weighted by Crippen LogP contribution is -2.17. The van der Waals surface area contributed by atoms with E-state index in [2.05, 4.69) is 20.6 Å². The number of ether oxygens (including phenoxy) is 1. The predicted molar refractivity (Wildman–Crippen MR) is 131 cm³/mol. The number of amidine groups is 1. The van der Waals surface area contributed by atoms with Gasteiger partial charge in [-0.2, -0.15) is 0 Å². The molecule has 4 aromatic rings. The zero-order valence-corrected chi connectivity index (χ0v) is 18.1. The number of benzene rings is 3. The third-order valence-electron chi connectivity index (χ3n) is 5.38. The Labute approximate surface area is 196 Å². The van der Waals surface area contributed by atoms with Crippen LogP contribution in [-0.4, -0.2) is 21.9 Å². The van der Waals surface area contributed by atoms with Crippen LogP contribution >= 0.6 is 0 Å². The molecule has 2 atom stereocenters. The number of nitrogens with one attached hydrogen (secondary N) is 2. The van der Waals surface area contributed by atoms with Gasteiger partial charge in [0.25, 0.3) is 11.9 Å². The summed E-state index contributed by atoms with van der Waals surface area (Å²) in [6.07, 6.45) is 2.57. The molecule has 4 N–H and O–H groups in total. The van der Waals surface area contributed by atoms with Gasteiger partial charge in [0.1, 0.15) is 11.7 Å². The number of aromatic nitrogens is 2. The van der Waals surface area contributed by atoms with Crippen molar-refractivity contribution in [3.8, 4) is 0 Å². The minimum absolute atomic E-state index is 0.160. The normalized spacial score (nSPS) is 16.9. The molecule has 3 aromatic carbocycles. The third kappa shape index (κ3) is 4.56. The summed E-state index contributed by atoms with van der Waals surface area (Å²) in [6, 6.07) is 27.1. The zero-order chi connectivity index (χ0) is 23.3. The number of carbonyl (C=O) groups excluding carboxylic acids is 1. The molecule has 0 bridgehead atoms. The van der Waals surface area contributed by atoms with Crippen molar-refractivity contribution in [3.63, 3.8) is 0 Å². The number of hydrogen-bond donors (Lipinski definition) is 3. The molecule has 168 valence electrons. The fourth-order valence-corrected chi connectivity index (χ4v) is 3.68. The number of carbonyl (C=O) groups is 1. The Morgan fingerprint density at radius 1 is 0.824 bits per heavy atom. The molecule has 1 aromatic heterocycles. The van der Waals surface area contributed by atoms with E-state index in [9.17, 15) is 4.79 Å². The van der Waals surface area contributed by atoms with Gasteiger partial charge in [-0.3, -0.25) is 10.1 Å². The van der Waals surface area contributed by atoms with Gasteiger partial charge in [-0.1, -0.05) is 72.8 Å². The SMILES string of the molecule is Nc1ccccc1NC(=O)c1cnc(NC2=N[C@H](c3ccccc3)[C@H](c3ccccc3)O2)cn1. The van der Waals surface area contributed by atoms with Crippen LogP contribution < -0.4 is 16.4 Å². The summed E-state index contributed by atoms with van der Waals surface area (Å²) >= 11 is 0. The Morgan fingerprint density at radius 2 is 1.50 bits per heavy atom. The highest BCUT2D eigenvalue weighted by Crippen LogP contribution is 2.39. The Bertz CT molecular complexity index is 1310. The van der Waals surface area contributed by atoms with Crippen molar-refractivity contribution in [2.75, 3.05) is 16.4 Å². The molecule has 34 heavy (non-hydrogen) atoms. The number of amides is 1. The number of nitrogens with zero attached hydrogens (tertiary/aromatic N) is 3. The van der Waals surface area contributed by atoms with Crippen LogP contribution in [0, 0.1) is 0 Å². The first-order valence-corrected chi connectivity index (χ1v) is 10.8. The summed E-state index contributed by atoms with van der Waals surface area (Å²) in [6.45, 7) is 0. The summed E-state index contributed by atoms with van der Waals surface area (Å²) in [5, 5.41) is 5.80. The van der Waals surface area contributed by atoms with Crippen molar-refractivity contribution in [3.05, 3.63) is 114 Å². The van der Waals surface area contributed by atoms with Crippen LogP contribution in [0.25, 0.3) is 0 Å². The van der Waals surface area contributed by atoms with Crippen LogP contribution in [-0.2, 0) is 4.74 Å². The van der Waals surface area contributed by atoms with Crippen molar-refractivity contribution in [2.45, 2.75) is 12.1 Å². The van der Waals surface area contributed by atoms with Gasteiger partial charge < -0.3 is 15.8 Å². The van der Waals surface area contributed by atoms with Crippen molar-refractivity contribution in [1.82, 2.24) is 9.97 Å². The maximum absolute atomic E-state index is 12.5. The number of rotatable bonds is 5. The highest BCUT2D eigenvalue weighted by atomic mass is 16.5. The van der Waals surface area contributed by atoms with Crippen LogP contribution in [0.1, 0.15) is 33.8 Å². The first kappa shape index (κ1) is 21.1. The van der Waals surface area contributed by atoms with Gasteiger partial charge in [-0.25, -0.2) is 15.0 Å². The van der Waals surface area contributed by atoms with E-state index in [1.807, 2.05) is 60.7 Å². The smallest absolute Gasteiger partial charge is 0.291 e. The van der Waals surface area contributed by atoms with Crippen molar-refractivity contribution in [1.29, 1.82) is 0 Å². The van der Waals surface area contributed by atoms with E-state index < -0.39 is 5.91 Å². The average molecular weight is 451 g/mol. The van der Waals surface area contributed by atoms with E-state index in [1.54, 1.807) is 24.3 Å². The van der Waals surface area contributed by atoms with Crippen molar-refractivity contribution in [2.24, 2.45) is 4.99 Å². The van der Waals surface area contributed by atoms with E-state index >= 15 is 0 Å². The number of nitrogen functional groups attached to an aromatic ring is 1. The standard InChI is InChI=1S/C26H22N6O2/c27-19-13-7-8-14-20(19)30-25(33)21-15-29-22(16-28-21)31-26-32-23(17-9-3-1-4-10-17)24(34-26)18-11-5-2-6-12-18/h1-16,23-24H,27H2,(H,30,33)(H,29,31,32)/t23-,24+/m1/s1. The van der Waals surface area contributed by atoms with Crippen LogP contribution in [0.3, 0.4) is 0 Å². The molecular weight excluding hydrogens is 428 g/mol. The number of hydrogen-bond acceptors (Lipinski definition) is 7. The molecule has 0 aliphatic carbocycles.